The van der Waals surface area contributed by atoms with Gasteiger partial charge in [0.1, 0.15) is 11.8 Å². The van der Waals surface area contributed by atoms with Crippen LogP contribution in [0.4, 0.5) is 0 Å². The first kappa shape index (κ1) is 16.6. The second-order valence-corrected chi connectivity index (χ2v) is 7.02. The van der Waals surface area contributed by atoms with Gasteiger partial charge in [-0.3, -0.25) is 4.68 Å². The average Bonchev–Trinajstić information content (AvgIpc) is 3.46. The third-order valence-corrected chi connectivity index (χ3v) is 5.10. The van der Waals surface area contributed by atoms with Gasteiger partial charge in [-0.2, -0.15) is 10.1 Å². The Morgan fingerprint density at radius 1 is 1.30 bits per heavy atom. The number of aromatic nitrogens is 6. The number of rotatable bonds is 5. The molecule has 1 saturated heterocycles. The number of fused-ring (bicyclic) bond motifs is 1. The van der Waals surface area contributed by atoms with Crippen LogP contribution in [0.5, 0.6) is 0 Å². The molecule has 0 saturated carbocycles. The minimum absolute atomic E-state index is 0.0374. The van der Waals surface area contributed by atoms with Crippen molar-refractivity contribution < 1.29 is 9.26 Å². The normalized spacial score (nSPS) is 19.9. The van der Waals surface area contributed by atoms with E-state index in [0.29, 0.717) is 18.1 Å². The molecule has 1 fully saturated rings. The molecular weight excluding hydrogens is 346 g/mol. The molecule has 9 heteroatoms. The highest BCUT2D eigenvalue weighted by molar-refractivity contribution is 5.50. The van der Waals surface area contributed by atoms with Crippen LogP contribution in [0, 0.1) is 0 Å². The van der Waals surface area contributed by atoms with E-state index in [1.165, 1.54) is 5.69 Å². The van der Waals surface area contributed by atoms with E-state index in [-0.39, 0.29) is 6.10 Å². The molecule has 0 aliphatic carbocycles. The fourth-order valence-electron chi connectivity index (χ4n) is 3.69. The van der Waals surface area contributed by atoms with Gasteiger partial charge in [-0.05, 0) is 31.9 Å². The summed E-state index contributed by atoms with van der Waals surface area (Å²) >= 11 is 0. The topological polar surface area (TPSA) is 95.8 Å². The fraction of sp³-hybridized carbons (Fsp3) is 0.556. The summed E-state index contributed by atoms with van der Waals surface area (Å²) in [7, 11) is 0. The minimum atomic E-state index is -0.0374. The zero-order valence-electron chi connectivity index (χ0n) is 15.2. The Morgan fingerprint density at radius 3 is 3.22 bits per heavy atom. The third kappa shape index (κ3) is 3.40. The van der Waals surface area contributed by atoms with Crippen molar-refractivity contribution in [2.24, 2.45) is 0 Å². The molecule has 2 aliphatic heterocycles. The second-order valence-electron chi connectivity index (χ2n) is 7.02. The van der Waals surface area contributed by atoms with Crippen molar-refractivity contribution >= 4 is 0 Å². The molecule has 0 aromatic carbocycles. The van der Waals surface area contributed by atoms with Gasteiger partial charge in [0.15, 0.2) is 11.6 Å². The Kier molecular flexibility index (Phi) is 4.46. The largest absolute Gasteiger partial charge is 0.368 e. The van der Waals surface area contributed by atoms with Gasteiger partial charge in [0, 0.05) is 45.1 Å². The van der Waals surface area contributed by atoms with Gasteiger partial charge in [0.2, 0.25) is 0 Å². The lowest BCUT2D eigenvalue weighted by Gasteiger charge is -2.04. The van der Waals surface area contributed by atoms with Crippen molar-refractivity contribution in [1.82, 2.24) is 34.8 Å². The molecule has 0 bridgehead atoms. The maximum absolute atomic E-state index is 5.60. The Hall–Kier alpha value is -2.52. The summed E-state index contributed by atoms with van der Waals surface area (Å²) in [5.41, 5.74) is 2.11. The number of aryl methyl sites for hydroxylation is 3. The molecule has 0 unspecified atom stereocenters. The fourth-order valence-corrected chi connectivity index (χ4v) is 3.69. The maximum atomic E-state index is 5.60. The smallest absolute Gasteiger partial charge is 0.255 e. The summed E-state index contributed by atoms with van der Waals surface area (Å²) in [4.78, 5) is 9.01. The zero-order valence-corrected chi connectivity index (χ0v) is 15.2. The van der Waals surface area contributed by atoms with Gasteiger partial charge in [0.05, 0.1) is 5.69 Å². The van der Waals surface area contributed by atoms with Gasteiger partial charge in [0.25, 0.3) is 5.89 Å². The Morgan fingerprint density at radius 2 is 2.30 bits per heavy atom. The lowest BCUT2D eigenvalue weighted by Crippen LogP contribution is -2.11. The predicted octanol–water partition coefficient (Wildman–Crippen LogP) is 1.72. The van der Waals surface area contributed by atoms with E-state index in [1.807, 2.05) is 12.4 Å². The van der Waals surface area contributed by atoms with E-state index < -0.39 is 0 Å². The van der Waals surface area contributed by atoms with Crippen molar-refractivity contribution in [3.8, 4) is 11.5 Å². The maximum Gasteiger partial charge on any atom is 0.255 e. The third-order valence-electron chi connectivity index (χ3n) is 5.10. The van der Waals surface area contributed by atoms with Crippen molar-refractivity contribution in [3.05, 3.63) is 35.9 Å². The zero-order chi connectivity index (χ0) is 18.1. The SMILES string of the molecule is c1cn(CCc2noc([C@@H]3CCCO3)n2)c(-c2cc3n(n2)CCCNC3)n1. The van der Waals surface area contributed by atoms with E-state index in [9.17, 15) is 0 Å². The molecule has 5 rings (SSSR count). The molecule has 2 aliphatic rings. The van der Waals surface area contributed by atoms with Crippen LogP contribution in [0.1, 0.15) is 42.8 Å². The lowest BCUT2D eigenvalue weighted by molar-refractivity contribution is 0.0835. The van der Waals surface area contributed by atoms with Crippen molar-refractivity contribution in [3.63, 3.8) is 0 Å². The molecular formula is C18H23N7O2. The lowest BCUT2D eigenvalue weighted by atomic mass is 10.2. The molecule has 9 nitrogen and oxygen atoms in total. The molecule has 1 N–H and O–H groups in total. The highest BCUT2D eigenvalue weighted by atomic mass is 16.5. The van der Waals surface area contributed by atoms with E-state index in [1.54, 1.807) is 0 Å². The number of nitrogens with zero attached hydrogens (tertiary/aromatic N) is 6. The van der Waals surface area contributed by atoms with Gasteiger partial charge in [-0.25, -0.2) is 4.98 Å². The Bertz CT molecular complexity index is 883. The minimum Gasteiger partial charge on any atom is -0.368 e. The molecule has 5 heterocycles. The molecule has 0 amide bonds. The van der Waals surface area contributed by atoms with Gasteiger partial charge >= 0.3 is 0 Å². The molecule has 0 spiro atoms. The van der Waals surface area contributed by atoms with E-state index >= 15 is 0 Å². The quantitative estimate of drug-likeness (QED) is 0.731. The molecule has 142 valence electrons. The van der Waals surface area contributed by atoms with Crippen molar-refractivity contribution in [2.45, 2.75) is 51.4 Å². The number of nitrogens with one attached hydrogen (secondary N) is 1. The number of ether oxygens (including phenoxy) is 1. The monoisotopic (exact) mass is 369 g/mol. The molecule has 3 aromatic heterocycles. The van der Waals surface area contributed by atoms with Crippen LogP contribution in [-0.4, -0.2) is 42.6 Å². The second kappa shape index (κ2) is 7.24. The van der Waals surface area contributed by atoms with E-state index in [4.69, 9.17) is 14.4 Å². The molecule has 27 heavy (non-hydrogen) atoms. The van der Waals surface area contributed by atoms with E-state index in [0.717, 1.165) is 63.6 Å². The van der Waals surface area contributed by atoms with Crippen LogP contribution in [0.25, 0.3) is 11.5 Å². The predicted molar refractivity (Wildman–Crippen MR) is 95.7 cm³/mol. The summed E-state index contributed by atoms with van der Waals surface area (Å²) in [5, 5.41) is 12.3. The van der Waals surface area contributed by atoms with Crippen LogP contribution in [-0.2, 0) is 30.8 Å². The summed E-state index contributed by atoms with van der Waals surface area (Å²) in [6.07, 6.45) is 7.51. The number of imidazole rings is 1. The van der Waals surface area contributed by atoms with Crippen molar-refractivity contribution in [2.75, 3.05) is 13.2 Å². The van der Waals surface area contributed by atoms with Crippen molar-refractivity contribution in [1.29, 1.82) is 0 Å². The van der Waals surface area contributed by atoms with E-state index in [2.05, 4.69) is 35.8 Å². The van der Waals surface area contributed by atoms with Crippen LogP contribution in [0.3, 0.4) is 0 Å². The highest BCUT2D eigenvalue weighted by Gasteiger charge is 2.24. The summed E-state index contributed by atoms with van der Waals surface area (Å²) < 4.78 is 15.1. The first-order valence-corrected chi connectivity index (χ1v) is 9.60. The van der Waals surface area contributed by atoms with Gasteiger partial charge in [-0.1, -0.05) is 5.16 Å². The summed E-state index contributed by atoms with van der Waals surface area (Å²) in [5.74, 6) is 2.17. The Labute approximate surface area is 156 Å². The van der Waals surface area contributed by atoms with Crippen LogP contribution < -0.4 is 5.32 Å². The van der Waals surface area contributed by atoms with Gasteiger partial charge < -0.3 is 19.1 Å². The van der Waals surface area contributed by atoms with Crippen LogP contribution in [0.15, 0.2) is 23.0 Å². The summed E-state index contributed by atoms with van der Waals surface area (Å²) in [6, 6.07) is 2.13. The van der Waals surface area contributed by atoms with Crippen LogP contribution >= 0.6 is 0 Å². The number of hydrogen-bond donors (Lipinski definition) is 1. The van der Waals surface area contributed by atoms with Gasteiger partial charge in [-0.15, -0.1) is 0 Å². The molecule has 1 atom stereocenters. The highest BCUT2D eigenvalue weighted by Crippen LogP contribution is 2.27. The first-order chi connectivity index (χ1) is 13.4. The number of hydrogen-bond acceptors (Lipinski definition) is 7. The summed E-state index contributed by atoms with van der Waals surface area (Å²) in [6.45, 7) is 4.32. The Balaban J connectivity index is 1.29. The standard InChI is InChI=1S/C18H23N7O2/c1-3-15(26-10-1)18-21-16(23-27-18)4-8-24-9-6-20-17(24)14-11-13-12-19-5-2-7-25(13)22-14/h6,9,11,15,19H,1-5,7-8,10,12H2/t15-/m0/s1. The first-order valence-electron chi connectivity index (χ1n) is 9.60. The van der Waals surface area contributed by atoms with Crippen LogP contribution in [0.2, 0.25) is 0 Å². The average molecular weight is 369 g/mol. The molecule has 3 aromatic rings. The molecule has 0 radical (unpaired) electrons.